The quantitative estimate of drug-likeness (QED) is 0.800. The topological polar surface area (TPSA) is 24.9 Å². The van der Waals surface area contributed by atoms with Crippen molar-refractivity contribution in [3.63, 3.8) is 0 Å². The summed E-state index contributed by atoms with van der Waals surface area (Å²) >= 11 is 0. The van der Waals surface area contributed by atoms with E-state index in [2.05, 4.69) is 40.1 Å². The highest BCUT2D eigenvalue weighted by atomic mass is 16.5. The van der Waals surface area contributed by atoms with Gasteiger partial charge in [0.2, 0.25) is 0 Å². The van der Waals surface area contributed by atoms with Crippen LogP contribution in [0.5, 0.6) is 0 Å². The fraction of sp³-hybridized carbons (Fsp3) is 0.700. The second kappa shape index (κ2) is 7.96. The van der Waals surface area contributed by atoms with E-state index in [0.717, 1.165) is 44.9 Å². The first-order chi connectivity index (χ1) is 11.9. The van der Waals surface area contributed by atoms with Gasteiger partial charge in [-0.15, -0.1) is 0 Å². The van der Waals surface area contributed by atoms with Gasteiger partial charge in [0.25, 0.3) is 0 Å². The number of ether oxygens (including phenoxy) is 2. The number of rotatable bonds is 6. The van der Waals surface area contributed by atoms with Crippen molar-refractivity contribution in [3.05, 3.63) is 35.9 Å². The van der Waals surface area contributed by atoms with Crippen LogP contribution in [0.1, 0.15) is 24.8 Å². The summed E-state index contributed by atoms with van der Waals surface area (Å²) in [5.74, 6) is 0.854. The van der Waals surface area contributed by atoms with Crippen molar-refractivity contribution in [2.24, 2.45) is 5.92 Å². The highest BCUT2D eigenvalue weighted by Crippen LogP contribution is 2.33. The van der Waals surface area contributed by atoms with E-state index < -0.39 is 0 Å². The third-order valence-electron chi connectivity index (χ3n) is 5.85. The summed E-state index contributed by atoms with van der Waals surface area (Å²) in [5, 5.41) is 0. The van der Waals surface area contributed by atoms with Crippen LogP contribution < -0.4 is 0 Å². The van der Waals surface area contributed by atoms with Gasteiger partial charge in [0.1, 0.15) is 0 Å². The zero-order chi connectivity index (χ0) is 16.2. The average molecular weight is 330 g/mol. The lowest BCUT2D eigenvalue weighted by Crippen LogP contribution is -2.47. The Morgan fingerprint density at radius 1 is 1.04 bits per heavy atom. The fourth-order valence-corrected chi connectivity index (χ4v) is 4.25. The molecule has 132 valence electrons. The van der Waals surface area contributed by atoms with Gasteiger partial charge in [-0.05, 0) is 37.3 Å². The van der Waals surface area contributed by atoms with Gasteiger partial charge in [-0.25, -0.2) is 0 Å². The van der Waals surface area contributed by atoms with Crippen molar-refractivity contribution in [1.82, 2.24) is 9.80 Å². The van der Waals surface area contributed by atoms with Crippen LogP contribution in [0.25, 0.3) is 0 Å². The number of benzene rings is 1. The number of nitrogens with zero attached hydrogens (tertiary/aromatic N) is 2. The Balaban J connectivity index is 1.14. The molecule has 0 aromatic heterocycles. The van der Waals surface area contributed by atoms with Gasteiger partial charge in [-0.2, -0.15) is 0 Å². The van der Waals surface area contributed by atoms with E-state index in [4.69, 9.17) is 9.47 Å². The Labute approximate surface area is 145 Å². The molecule has 0 radical (unpaired) electrons. The fourth-order valence-electron chi connectivity index (χ4n) is 4.25. The Kier molecular flexibility index (Phi) is 5.48. The van der Waals surface area contributed by atoms with E-state index in [1.807, 2.05) is 0 Å². The van der Waals surface area contributed by atoms with Crippen LogP contribution in [0.4, 0.5) is 0 Å². The molecule has 4 heteroatoms. The van der Waals surface area contributed by atoms with Gasteiger partial charge in [0, 0.05) is 32.2 Å². The molecule has 2 saturated heterocycles. The van der Waals surface area contributed by atoms with Crippen LogP contribution in [0.2, 0.25) is 0 Å². The monoisotopic (exact) mass is 330 g/mol. The van der Waals surface area contributed by atoms with Crippen LogP contribution in [0, 0.1) is 5.92 Å². The molecule has 4 rings (SSSR count). The van der Waals surface area contributed by atoms with E-state index in [9.17, 15) is 0 Å². The minimum atomic E-state index is 0.466. The molecule has 2 aliphatic heterocycles. The van der Waals surface area contributed by atoms with Crippen molar-refractivity contribution in [1.29, 1.82) is 0 Å². The van der Waals surface area contributed by atoms with Crippen molar-refractivity contribution in [3.8, 4) is 0 Å². The second-order valence-corrected chi connectivity index (χ2v) is 7.61. The lowest BCUT2D eigenvalue weighted by Gasteiger charge is -2.41. The molecule has 4 nitrogen and oxygen atoms in total. The van der Waals surface area contributed by atoms with E-state index in [1.54, 1.807) is 0 Å². The predicted molar refractivity (Wildman–Crippen MR) is 95.0 cm³/mol. The van der Waals surface area contributed by atoms with Crippen LogP contribution in [-0.4, -0.2) is 67.9 Å². The largest absolute Gasteiger partial charge is 0.379 e. The van der Waals surface area contributed by atoms with Gasteiger partial charge in [-0.3, -0.25) is 9.80 Å². The third-order valence-corrected chi connectivity index (χ3v) is 5.85. The van der Waals surface area contributed by atoms with E-state index in [-0.39, 0.29) is 0 Å². The lowest BCUT2D eigenvalue weighted by molar-refractivity contribution is -0.0551. The first kappa shape index (κ1) is 16.5. The van der Waals surface area contributed by atoms with E-state index in [0.29, 0.717) is 6.10 Å². The number of hydrogen-bond acceptors (Lipinski definition) is 4. The summed E-state index contributed by atoms with van der Waals surface area (Å²) in [6.07, 6.45) is 4.27. The van der Waals surface area contributed by atoms with Gasteiger partial charge in [0.15, 0.2) is 0 Å². The molecule has 1 saturated carbocycles. The maximum Gasteiger partial charge on any atom is 0.0720 e. The number of likely N-dealkylation sites (tertiary alicyclic amines) is 1. The molecule has 0 spiro atoms. The van der Waals surface area contributed by atoms with Crippen molar-refractivity contribution in [2.75, 3.05) is 45.9 Å². The highest BCUT2D eigenvalue weighted by Gasteiger charge is 2.37. The SMILES string of the molecule is c1ccc(COC2CC(N3CC[C@H](CN4CCOCC4)C3)C2)cc1. The first-order valence-electron chi connectivity index (χ1n) is 9.56. The van der Waals surface area contributed by atoms with Crippen molar-refractivity contribution in [2.45, 2.75) is 38.0 Å². The average Bonchev–Trinajstić information content (AvgIpc) is 3.03. The molecule has 2 heterocycles. The molecule has 3 aliphatic rings. The Morgan fingerprint density at radius 3 is 2.62 bits per heavy atom. The molecule has 1 aromatic rings. The number of hydrogen-bond donors (Lipinski definition) is 0. The van der Waals surface area contributed by atoms with Gasteiger partial charge in [-0.1, -0.05) is 30.3 Å². The second-order valence-electron chi connectivity index (χ2n) is 7.61. The zero-order valence-electron chi connectivity index (χ0n) is 14.6. The van der Waals surface area contributed by atoms with Crippen LogP contribution in [0.3, 0.4) is 0 Å². The molecule has 1 aromatic carbocycles. The Morgan fingerprint density at radius 2 is 1.83 bits per heavy atom. The molecule has 0 unspecified atom stereocenters. The summed E-state index contributed by atoms with van der Waals surface area (Å²) in [6.45, 7) is 8.67. The van der Waals surface area contributed by atoms with Gasteiger partial charge < -0.3 is 9.47 Å². The molecule has 3 fully saturated rings. The maximum absolute atomic E-state index is 6.05. The maximum atomic E-state index is 6.05. The van der Waals surface area contributed by atoms with Gasteiger partial charge >= 0.3 is 0 Å². The zero-order valence-corrected chi connectivity index (χ0v) is 14.6. The van der Waals surface area contributed by atoms with Crippen LogP contribution in [0.15, 0.2) is 30.3 Å². The Bertz CT molecular complexity index is 498. The third kappa shape index (κ3) is 4.17. The Hall–Kier alpha value is -0.940. The molecule has 1 aliphatic carbocycles. The molecule has 0 bridgehead atoms. The van der Waals surface area contributed by atoms with Crippen LogP contribution >= 0.6 is 0 Å². The predicted octanol–water partition coefficient (Wildman–Crippen LogP) is 2.39. The number of morpholine rings is 1. The highest BCUT2D eigenvalue weighted by molar-refractivity contribution is 5.13. The summed E-state index contributed by atoms with van der Waals surface area (Å²) in [7, 11) is 0. The smallest absolute Gasteiger partial charge is 0.0720 e. The minimum absolute atomic E-state index is 0.466. The molecule has 0 amide bonds. The summed E-state index contributed by atoms with van der Waals surface area (Å²) in [6, 6.07) is 11.3. The lowest BCUT2D eigenvalue weighted by atomic mass is 9.88. The van der Waals surface area contributed by atoms with E-state index >= 15 is 0 Å². The van der Waals surface area contributed by atoms with Crippen molar-refractivity contribution >= 4 is 0 Å². The summed E-state index contributed by atoms with van der Waals surface area (Å²) < 4.78 is 11.5. The normalized spacial score (nSPS) is 31.9. The molecular formula is C20H30N2O2. The molecule has 1 atom stereocenters. The molecule has 24 heavy (non-hydrogen) atoms. The first-order valence-corrected chi connectivity index (χ1v) is 9.56. The summed E-state index contributed by atoms with van der Waals surface area (Å²) in [5.41, 5.74) is 1.28. The minimum Gasteiger partial charge on any atom is -0.379 e. The molecule has 0 N–H and O–H groups in total. The standard InChI is InChI=1S/C20H30N2O2/c1-2-4-17(5-3-1)16-24-20-12-19(13-20)22-7-6-18(15-22)14-21-8-10-23-11-9-21/h1-5,18-20H,6-16H2/t18-,19?,20?/m1/s1. The van der Waals surface area contributed by atoms with Crippen LogP contribution in [-0.2, 0) is 16.1 Å². The summed E-state index contributed by atoms with van der Waals surface area (Å²) in [4.78, 5) is 5.30. The van der Waals surface area contributed by atoms with Crippen molar-refractivity contribution < 1.29 is 9.47 Å². The van der Waals surface area contributed by atoms with E-state index in [1.165, 1.54) is 44.5 Å². The molecular weight excluding hydrogens is 300 g/mol. The van der Waals surface area contributed by atoms with Gasteiger partial charge in [0.05, 0.1) is 25.9 Å².